The predicted octanol–water partition coefficient (Wildman–Crippen LogP) is 0.220. The zero-order valence-electron chi connectivity index (χ0n) is 10.6. The van der Waals surface area contributed by atoms with E-state index >= 15 is 0 Å². The normalized spacial score (nSPS) is 18.5. The van der Waals surface area contributed by atoms with E-state index in [1.54, 1.807) is 0 Å². The van der Waals surface area contributed by atoms with Gasteiger partial charge in [0.1, 0.15) is 11.9 Å². The van der Waals surface area contributed by atoms with E-state index in [-0.39, 0.29) is 37.1 Å². The van der Waals surface area contributed by atoms with Gasteiger partial charge in [-0.3, -0.25) is 24.5 Å². The molecule has 2 fully saturated rings. The van der Waals surface area contributed by atoms with E-state index in [4.69, 9.17) is 0 Å². The van der Waals surface area contributed by atoms with Gasteiger partial charge in [-0.2, -0.15) is 5.10 Å². The van der Waals surface area contributed by atoms with E-state index in [0.717, 1.165) is 17.7 Å². The smallest absolute Gasteiger partial charge is 0.324 e. The topological polar surface area (TPSA) is 110 Å². The van der Waals surface area contributed by atoms with Gasteiger partial charge >= 0.3 is 11.7 Å². The van der Waals surface area contributed by atoms with Crippen LogP contribution >= 0.6 is 0 Å². The number of rotatable bonds is 5. The molecule has 0 radical (unpaired) electrons. The molecule has 1 saturated carbocycles. The highest BCUT2D eigenvalue weighted by atomic mass is 16.6. The molecular formula is C11H13N5O4. The standard InChI is InChI=1S/C11H13N5O4/c17-9-5-12-11(18)15(9)4-3-14-6-8(16(19)20)10(13-14)7-1-2-7/h6-7H,1-5H2,(H,12,18). The average Bonchev–Trinajstić information content (AvgIpc) is 3.08. The first-order valence-electron chi connectivity index (χ1n) is 6.36. The Balaban J connectivity index is 1.71. The average molecular weight is 279 g/mol. The van der Waals surface area contributed by atoms with Gasteiger partial charge in [-0.1, -0.05) is 0 Å². The van der Waals surface area contributed by atoms with Gasteiger partial charge < -0.3 is 5.32 Å². The number of nitro groups is 1. The van der Waals surface area contributed by atoms with Crippen molar-refractivity contribution < 1.29 is 14.5 Å². The number of urea groups is 1. The molecule has 0 spiro atoms. The Morgan fingerprint density at radius 1 is 1.40 bits per heavy atom. The summed E-state index contributed by atoms with van der Waals surface area (Å²) >= 11 is 0. The predicted molar refractivity (Wildman–Crippen MR) is 66.0 cm³/mol. The summed E-state index contributed by atoms with van der Waals surface area (Å²) in [6, 6.07) is -0.431. The molecule has 0 unspecified atom stereocenters. The highest BCUT2D eigenvalue weighted by Gasteiger charge is 2.34. The Bertz CT molecular complexity index is 576. The van der Waals surface area contributed by atoms with Crippen molar-refractivity contribution in [1.29, 1.82) is 0 Å². The lowest BCUT2D eigenvalue weighted by atomic mass is 10.3. The third kappa shape index (κ3) is 2.22. The van der Waals surface area contributed by atoms with Crippen molar-refractivity contribution in [2.45, 2.75) is 25.3 Å². The number of aromatic nitrogens is 2. The minimum Gasteiger partial charge on any atom is -0.329 e. The molecule has 2 aliphatic rings. The highest BCUT2D eigenvalue weighted by molar-refractivity contribution is 6.01. The molecular weight excluding hydrogens is 266 g/mol. The summed E-state index contributed by atoms with van der Waals surface area (Å²) in [7, 11) is 0. The number of hydrogen-bond acceptors (Lipinski definition) is 5. The summed E-state index contributed by atoms with van der Waals surface area (Å²) in [5.74, 6) is -0.118. The molecule has 1 aliphatic carbocycles. The van der Waals surface area contributed by atoms with Crippen LogP contribution in [0.3, 0.4) is 0 Å². The molecule has 2 heterocycles. The molecule has 0 aromatic carbocycles. The second kappa shape index (κ2) is 4.58. The molecule has 9 heteroatoms. The van der Waals surface area contributed by atoms with E-state index in [1.165, 1.54) is 10.9 Å². The fourth-order valence-electron chi connectivity index (χ4n) is 2.21. The first-order valence-corrected chi connectivity index (χ1v) is 6.36. The monoisotopic (exact) mass is 279 g/mol. The van der Waals surface area contributed by atoms with E-state index in [1.807, 2.05) is 0 Å². The summed E-state index contributed by atoms with van der Waals surface area (Å²) in [4.78, 5) is 34.4. The Labute approximate surface area is 113 Å². The van der Waals surface area contributed by atoms with E-state index in [0.29, 0.717) is 5.69 Å². The minimum absolute atomic E-state index is 0.00537. The Morgan fingerprint density at radius 3 is 2.70 bits per heavy atom. The molecule has 3 amide bonds. The van der Waals surface area contributed by atoms with E-state index < -0.39 is 11.0 Å². The lowest BCUT2D eigenvalue weighted by molar-refractivity contribution is -0.385. The van der Waals surface area contributed by atoms with Crippen LogP contribution in [0.15, 0.2) is 6.20 Å². The van der Waals surface area contributed by atoms with Crippen LogP contribution in [0.4, 0.5) is 10.5 Å². The first kappa shape index (κ1) is 12.6. The van der Waals surface area contributed by atoms with Crippen LogP contribution < -0.4 is 5.32 Å². The Hall–Kier alpha value is -2.45. The molecule has 1 saturated heterocycles. The number of carbonyl (C=O) groups excluding carboxylic acids is 2. The number of nitrogens with one attached hydrogen (secondary N) is 1. The van der Waals surface area contributed by atoms with Crippen LogP contribution in [0.25, 0.3) is 0 Å². The highest BCUT2D eigenvalue weighted by Crippen LogP contribution is 2.43. The fraction of sp³-hybridized carbons (Fsp3) is 0.545. The molecule has 0 bridgehead atoms. The second-order valence-electron chi connectivity index (χ2n) is 4.90. The van der Waals surface area contributed by atoms with Crippen molar-refractivity contribution in [2.24, 2.45) is 0 Å². The van der Waals surface area contributed by atoms with E-state index in [9.17, 15) is 19.7 Å². The second-order valence-corrected chi connectivity index (χ2v) is 4.90. The molecule has 1 aromatic heterocycles. The molecule has 20 heavy (non-hydrogen) atoms. The Kier molecular flexibility index (Phi) is 2.88. The lowest BCUT2D eigenvalue weighted by Gasteiger charge is -2.11. The molecule has 1 aliphatic heterocycles. The van der Waals surface area contributed by atoms with Crippen LogP contribution in [0.1, 0.15) is 24.5 Å². The van der Waals surface area contributed by atoms with Crippen LogP contribution in [-0.2, 0) is 11.3 Å². The number of imide groups is 1. The van der Waals surface area contributed by atoms with Gasteiger partial charge in [-0.05, 0) is 12.8 Å². The van der Waals surface area contributed by atoms with Crippen molar-refractivity contribution in [3.63, 3.8) is 0 Å². The number of nitrogens with zero attached hydrogens (tertiary/aromatic N) is 4. The van der Waals surface area contributed by atoms with Crippen molar-refractivity contribution >= 4 is 17.6 Å². The van der Waals surface area contributed by atoms with Crippen LogP contribution in [-0.4, -0.2) is 44.6 Å². The van der Waals surface area contributed by atoms with Crippen molar-refractivity contribution in [3.8, 4) is 0 Å². The number of amides is 3. The van der Waals surface area contributed by atoms with Gasteiger partial charge in [0.25, 0.3) is 0 Å². The SMILES string of the molecule is O=C1CNC(=O)N1CCn1cc([N+](=O)[O-])c(C2CC2)n1. The van der Waals surface area contributed by atoms with Crippen molar-refractivity contribution in [2.75, 3.05) is 13.1 Å². The molecule has 106 valence electrons. The third-order valence-electron chi connectivity index (χ3n) is 3.42. The fourth-order valence-corrected chi connectivity index (χ4v) is 2.21. The van der Waals surface area contributed by atoms with Gasteiger partial charge in [-0.25, -0.2) is 4.79 Å². The summed E-state index contributed by atoms with van der Waals surface area (Å²) in [5.41, 5.74) is 0.525. The third-order valence-corrected chi connectivity index (χ3v) is 3.42. The van der Waals surface area contributed by atoms with E-state index in [2.05, 4.69) is 10.4 Å². The molecule has 9 nitrogen and oxygen atoms in total. The largest absolute Gasteiger partial charge is 0.329 e. The quantitative estimate of drug-likeness (QED) is 0.471. The zero-order valence-corrected chi connectivity index (χ0v) is 10.6. The first-order chi connectivity index (χ1) is 9.56. The molecule has 3 rings (SSSR count). The number of carbonyl (C=O) groups is 2. The maximum Gasteiger partial charge on any atom is 0.324 e. The molecule has 0 atom stereocenters. The summed E-state index contributed by atoms with van der Waals surface area (Å²) in [6.45, 7) is 0.422. The molecule has 1 aromatic rings. The van der Waals surface area contributed by atoms with Gasteiger partial charge in [0.2, 0.25) is 5.91 Å². The van der Waals surface area contributed by atoms with Crippen LogP contribution in [0.5, 0.6) is 0 Å². The van der Waals surface area contributed by atoms with Gasteiger partial charge in [0.15, 0.2) is 0 Å². The van der Waals surface area contributed by atoms with Crippen molar-refractivity contribution in [3.05, 3.63) is 22.0 Å². The van der Waals surface area contributed by atoms with Crippen LogP contribution in [0.2, 0.25) is 0 Å². The van der Waals surface area contributed by atoms with Crippen LogP contribution in [0, 0.1) is 10.1 Å². The maximum absolute atomic E-state index is 11.4. The summed E-state index contributed by atoms with van der Waals surface area (Å²) in [6.07, 6.45) is 3.21. The van der Waals surface area contributed by atoms with Gasteiger partial charge in [0.05, 0.1) is 24.6 Å². The van der Waals surface area contributed by atoms with Gasteiger partial charge in [0, 0.05) is 5.92 Å². The minimum atomic E-state index is -0.440. The number of hydrogen-bond donors (Lipinski definition) is 1. The van der Waals surface area contributed by atoms with Gasteiger partial charge in [-0.15, -0.1) is 0 Å². The lowest BCUT2D eigenvalue weighted by Crippen LogP contribution is -2.33. The Morgan fingerprint density at radius 2 is 2.15 bits per heavy atom. The van der Waals surface area contributed by atoms with Crippen molar-refractivity contribution in [1.82, 2.24) is 20.0 Å². The maximum atomic E-state index is 11.4. The zero-order chi connectivity index (χ0) is 14.3. The summed E-state index contributed by atoms with van der Waals surface area (Å²) in [5, 5.41) is 17.6. The summed E-state index contributed by atoms with van der Waals surface area (Å²) < 4.78 is 1.44. The molecule has 1 N–H and O–H groups in total.